The van der Waals surface area contributed by atoms with Crippen LogP contribution in [-0.4, -0.2) is 8.42 Å². The first-order valence-corrected chi connectivity index (χ1v) is 5.55. The van der Waals surface area contributed by atoms with Crippen LogP contribution in [0.2, 0.25) is 0 Å². The van der Waals surface area contributed by atoms with Crippen LogP contribution in [0.25, 0.3) is 0 Å². The van der Waals surface area contributed by atoms with Crippen LogP contribution in [0.15, 0.2) is 29.2 Å². The zero-order valence-corrected chi connectivity index (χ0v) is 8.35. The summed E-state index contributed by atoms with van der Waals surface area (Å²) in [7, 11) is -3.26. The van der Waals surface area contributed by atoms with Crippen LogP contribution >= 0.6 is 0 Å². The van der Waals surface area contributed by atoms with E-state index in [1.54, 1.807) is 12.1 Å². The van der Waals surface area contributed by atoms with Gasteiger partial charge in [-0.25, -0.2) is 13.1 Å². The predicted octanol–water partition coefficient (Wildman–Crippen LogP) is 1.21. The molecule has 0 radical (unpaired) electrons. The van der Waals surface area contributed by atoms with E-state index in [9.17, 15) is 8.42 Å². The summed E-state index contributed by atoms with van der Waals surface area (Å²) in [5.74, 6) is 0. The average Bonchev–Trinajstić information content (AvgIpc) is 2.20. The molecule has 0 aliphatic carbocycles. The fourth-order valence-electron chi connectivity index (χ4n) is 1.66. The van der Waals surface area contributed by atoms with Crippen LogP contribution in [-0.2, 0) is 15.6 Å². The molecule has 13 heavy (non-hydrogen) atoms. The largest absolute Gasteiger partial charge is 0.241 e. The highest BCUT2D eigenvalue weighted by atomic mass is 32.2. The van der Waals surface area contributed by atoms with E-state index in [-0.39, 0.29) is 0 Å². The third-order valence-electron chi connectivity index (χ3n) is 2.24. The lowest BCUT2D eigenvalue weighted by molar-refractivity contribution is 0.494. The zero-order chi connectivity index (χ0) is 9.69. The lowest BCUT2D eigenvalue weighted by atomic mass is 9.96. The van der Waals surface area contributed by atoms with E-state index in [0.29, 0.717) is 4.90 Å². The molecule has 1 heterocycles. The Kier molecular flexibility index (Phi) is 1.56. The summed E-state index contributed by atoms with van der Waals surface area (Å²) in [4.78, 5) is 0.403. The second kappa shape index (κ2) is 2.33. The van der Waals surface area contributed by atoms with Gasteiger partial charge in [0.2, 0.25) is 10.0 Å². The van der Waals surface area contributed by atoms with Gasteiger partial charge in [-0.05, 0) is 25.5 Å². The number of nitrogens with one attached hydrogen (secondary N) is 1. The number of rotatable bonds is 0. The van der Waals surface area contributed by atoms with Gasteiger partial charge in [0.1, 0.15) is 0 Å². The Morgan fingerprint density at radius 1 is 1.23 bits per heavy atom. The molecule has 1 aromatic rings. The van der Waals surface area contributed by atoms with E-state index in [1.807, 2.05) is 26.0 Å². The second-order valence-corrected chi connectivity index (χ2v) is 5.38. The predicted molar refractivity (Wildman–Crippen MR) is 49.8 cm³/mol. The van der Waals surface area contributed by atoms with Crippen molar-refractivity contribution >= 4 is 10.0 Å². The highest BCUT2D eigenvalue weighted by Crippen LogP contribution is 2.34. The van der Waals surface area contributed by atoms with Crippen LogP contribution in [0.4, 0.5) is 0 Å². The molecule has 70 valence electrons. The van der Waals surface area contributed by atoms with Gasteiger partial charge >= 0.3 is 0 Å². The van der Waals surface area contributed by atoms with Gasteiger partial charge in [0.05, 0.1) is 10.4 Å². The molecule has 2 rings (SSSR count). The van der Waals surface area contributed by atoms with Crippen molar-refractivity contribution in [2.75, 3.05) is 0 Å². The van der Waals surface area contributed by atoms with Gasteiger partial charge in [-0.1, -0.05) is 18.2 Å². The standard InChI is InChI=1S/C9H11NO2S/c1-9(2)7-5-3-4-6-8(7)13(11,12)10-9/h3-6,10H,1-2H3. The summed E-state index contributed by atoms with van der Waals surface area (Å²) in [6.45, 7) is 3.72. The smallest absolute Gasteiger partial charge is 0.207 e. The molecule has 1 aliphatic heterocycles. The molecular formula is C9H11NO2S. The van der Waals surface area contributed by atoms with E-state index in [4.69, 9.17) is 0 Å². The fraction of sp³-hybridized carbons (Fsp3) is 0.333. The van der Waals surface area contributed by atoms with Gasteiger partial charge in [0, 0.05) is 0 Å². The maximum absolute atomic E-state index is 11.6. The number of sulfonamides is 1. The second-order valence-electron chi connectivity index (χ2n) is 3.73. The molecule has 3 nitrogen and oxygen atoms in total. The minimum Gasteiger partial charge on any atom is -0.207 e. The van der Waals surface area contributed by atoms with Crippen LogP contribution in [0.5, 0.6) is 0 Å². The summed E-state index contributed by atoms with van der Waals surface area (Å²) in [5.41, 5.74) is 0.366. The highest BCUT2D eigenvalue weighted by molar-refractivity contribution is 7.89. The quantitative estimate of drug-likeness (QED) is 0.679. The number of fused-ring (bicyclic) bond motifs is 1. The molecule has 0 aromatic heterocycles. The Balaban J connectivity index is 2.79. The minimum absolute atomic E-state index is 0.403. The molecule has 0 saturated heterocycles. The van der Waals surface area contributed by atoms with Crippen molar-refractivity contribution in [1.82, 2.24) is 4.72 Å². The van der Waals surface area contributed by atoms with Crippen LogP contribution < -0.4 is 4.72 Å². The first kappa shape index (κ1) is 8.72. The highest BCUT2D eigenvalue weighted by Gasteiger charge is 2.38. The first-order valence-electron chi connectivity index (χ1n) is 4.07. The molecule has 4 heteroatoms. The topological polar surface area (TPSA) is 46.2 Å². The van der Waals surface area contributed by atoms with E-state index < -0.39 is 15.6 Å². The number of benzene rings is 1. The SMILES string of the molecule is CC1(C)NS(=O)(=O)c2ccccc21. The molecule has 0 amide bonds. The van der Waals surface area contributed by atoms with Crippen molar-refractivity contribution in [1.29, 1.82) is 0 Å². The Bertz CT molecular complexity index is 448. The lowest BCUT2D eigenvalue weighted by Crippen LogP contribution is -2.32. The monoisotopic (exact) mass is 197 g/mol. The van der Waals surface area contributed by atoms with Gasteiger partial charge in [0.15, 0.2) is 0 Å². The van der Waals surface area contributed by atoms with Crippen molar-refractivity contribution in [3.63, 3.8) is 0 Å². The molecule has 0 unspecified atom stereocenters. The zero-order valence-electron chi connectivity index (χ0n) is 7.53. The molecule has 0 fully saturated rings. The molecule has 1 aliphatic rings. The Morgan fingerprint density at radius 2 is 1.85 bits per heavy atom. The van der Waals surface area contributed by atoms with Crippen molar-refractivity contribution in [3.05, 3.63) is 29.8 Å². The van der Waals surface area contributed by atoms with Crippen LogP contribution in [0, 0.1) is 0 Å². The molecule has 1 N–H and O–H groups in total. The van der Waals surface area contributed by atoms with Crippen LogP contribution in [0.1, 0.15) is 19.4 Å². The molecule has 0 atom stereocenters. The summed E-state index contributed by atoms with van der Waals surface area (Å²) >= 11 is 0. The van der Waals surface area contributed by atoms with Gasteiger partial charge in [0.25, 0.3) is 0 Å². The van der Waals surface area contributed by atoms with Crippen molar-refractivity contribution in [2.24, 2.45) is 0 Å². The molecule has 0 saturated carbocycles. The number of hydrogen-bond acceptors (Lipinski definition) is 2. The van der Waals surface area contributed by atoms with Crippen molar-refractivity contribution < 1.29 is 8.42 Å². The van der Waals surface area contributed by atoms with E-state index in [2.05, 4.69) is 4.72 Å². The third-order valence-corrected chi connectivity index (χ3v) is 3.95. The Labute approximate surface area is 77.8 Å². The average molecular weight is 197 g/mol. The summed E-state index contributed by atoms with van der Waals surface area (Å²) in [5, 5.41) is 0. The molecule has 0 bridgehead atoms. The molecular weight excluding hydrogens is 186 g/mol. The fourth-order valence-corrected chi connectivity index (χ4v) is 3.43. The van der Waals surface area contributed by atoms with Gasteiger partial charge in [-0.15, -0.1) is 0 Å². The summed E-state index contributed by atoms with van der Waals surface area (Å²) in [6.07, 6.45) is 0. The van der Waals surface area contributed by atoms with Crippen molar-refractivity contribution in [2.45, 2.75) is 24.3 Å². The van der Waals surface area contributed by atoms with Gasteiger partial charge < -0.3 is 0 Å². The summed E-state index contributed by atoms with van der Waals surface area (Å²) < 4.78 is 25.7. The maximum atomic E-state index is 11.6. The Hall–Kier alpha value is -0.870. The Morgan fingerprint density at radius 3 is 2.46 bits per heavy atom. The maximum Gasteiger partial charge on any atom is 0.241 e. The van der Waals surface area contributed by atoms with Gasteiger partial charge in [-0.2, -0.15) is 0 Å². The minimum atomic E-state index is -3.26. The molecule has 1 aromatic carbocycles. The van der Waals surface area contributed by atoms with Gasteiger partial charge in [-0.3, -0.25) is 0 Å². The summed E-state index contributed by atoms with van der Waals surface area (Å²) in [6, 6.07) is 7.06. The van der Waals surface area contributed by atoms with E-state index in [0.717, 1.165) is 5.56 Å². The van der Waals surface area contributed by atoms with E-state index in [1.165, 1.54) is 0 Å². The lowest BCUT2D eigenvalue weighted by Gasteiger charge is -2.16. The van der Waals surface area contributed by atoms with E-state index >= 15 is 0 Å². The van der Waals surface area contributed by atoms with Crippen molar-refractivity contribution in [3.8, 4) is 0 Å². The van der Waals surface area contributed by atoms with Crippen LogP contribution in [0.3, 0.4) is 0 Å². The molecule has 0 spiro atoms. The first-order chi connectivity index (χ1) is 5.93. The third kappa shape index (κ3) is 1.17. The normalized spacial score (nSPS) is 22.6. The number of hydrogen-bond donors (Lipinski definition) is 1.